The number of ether oxygens (including phenoxy) is 1. The molecule has 5 aliphatic rings. The highest BCUT2D eigenvalue weighted by atomic mass is 16.5. The van der Waals surface area contributed by atoms with Crippen molar-refractivity contribution >= 4 is 11.9 Å². The number of carbonyl (C=O) groups excluding carboxylic acids is 2. The topological polar surface area (TPSA) is 55.4 Å². The van der Waals surface area contributed by atoms with Gasteiger partial charge in [0.15, 0.2) is 0 Å². The number of hydrogen-bond donors (Lipinski definition) is 1. The normalized spacial score (nSPS) is 52.9. The molecule has 0 saturated heterocycles. The predicted molar refractivity (Wildman–Crippen MR) is 149 cm³/mol. The van der Waals surface area contributed by atoms with Crippen molar-refractivity contribution in [2.24, 2.45) is 51.2 Å². The molecular weight excluding hydrogens is 458 g/mol. The van der Waals surface area contributed by atoms with Crippen LogP contribution in [-0.2, 0) is 14.3 Å². The Labute approximate surface area is 226 Å². The number of allylic oxidation sites excluding steroid dienone is 2. The molecule has 208 valence electrons. The van der Waals surface area contributed by atoms with Crippen molar-refractivity contribution in [3.8, 4) is 0 Å². The number of fused-ring (bicyclic) bond motifs is 7. The Morgan fingerprint density at radius 3 is 2.24 bits per heavy atom. The number of esters is 1. The molecule has 37 heavy (non-hydrogen) atoms. The van der Waals surface area contributed by atoms with E-state index in [0.29, 0.717) is 23.2 Å². The molecule has 0 aliphatic heterocycles. The van der Waals surface area contributed by atoms with Gasteiger partial charge < -0.3 is 10.1 Å². The predicted octanol–water partition coefficient (Wildman–Crippen LogP) is 7.46. The molecule has 4 saturated carbocycles. The molecule has 0 aromatic heterocycles. The summed E-state index contributed by atoms with van der Waals surface area (Å²) in [7, 11) is 0. The lowest BCUT2D eigenvalue weighted by molar-refractivity contribution is -0.201. The summed E-state index contributed by atoms with van der Waals surface area (Å²) in [6, 6.07) is 0. The Bertz CT molecular complexity index is 1000. The number of hydrogen-bond acceptors (Lipinski definition) is 3. The molecule has 4 fully saturated rings. The summed E-state index contributed by atoms with van der Waals surface area (Å²) < 4.78 is 5.90. The summed E-state index contributed by atoms with van der Waals surface area (Å²) in [5, 5.41) is 3.33. The van der Waals surface area contributed by atoms with Crippen LogP contribution >= 0.6 is 0 Å². The van der Waals surface area contributed by atoms with E-state index in [1.807, 2.05) is 0 Å². The number of amides is 1. The van der Waals surface area contributed by atoms with Crippen molar-refractivity contribution in [3.05, 3.63) is 11.6 Å². The van der Waals surface area contributed by atoms with Crippen molar-refractivity contribution < 1.29 is 14.3 Å². The van der Waals surface area contributed by atoms with E-state index in [2.05, 4.69) is 59.9 Å². The van der Waals surface area contributed by atoms with Crippen LogP contribution in [0.15, 0.2) is 11.6 Å². The maximum Gasteiger partial charge on any atom is 0.302 e. The van der Waals surface area contributed by atoms with Gasteiger partial charge in [0.25, 0.3) is 0 Å². The van der Waals surface area contributed by atoms with Crippen molar-refractivity contribution in [1.82, 2.24) is 5.32 Å². The van der Waals surface area contributed by atoms with Crippen molar-refractivity contribution in [1.29, 1.82) is 0 Å². The minimum atomic E-state index is -0.533. The molecule has 0 radical (unpaired) electrons. The first-order valence-corrected chi connectivity index (χ1v) is 15.3. The fourth-order valence-electron chi connectivity index (χ4n) is 11.5. The fourth-order valence-corrected chi connectivity index (χ4v) is 11.5. The van der Waals surface area contributed by atoms with Gasteiger partial charge in [-0.1, -0.05) is 53.2 Å². The highest BCUT2D eigenvalue weighted by Crippen LogP contribution is 2.75. The lowest BCUT2D eigenvalue weighted by atomic mass is 9.34. The molecule has 5 aliphatic carbocycles. The van der Waals surface area contributed by atoms with Gasteiger partial charge in [-0.05, 0) is 116 Å². The van der Waals surface area contributed by atoms with Crippen LogP contribution < -0.4 is 5.32 Å². The average Bonchev–Trinajstić information content (AvgIpc) is 2.79. The van der Waals surface area contributed by atoms with Gasteiger partial charge in [0, 0.05) is 13.8 Å². The van der Waals surface area contributed by atoms with Gasteiger partial charge in [0.2, 0.25) is 5.91 Å². The van der Waals surface area contributed by atoms with E-state index in [1.165, 1.54) is 39.0 Å². The van der Waals surface area contributed by atoms with Crippen molar-refractivity contribution in [2.75, 3.05) is 0 Å². The van der Waals surface area contributed by atoms with E-state index in [9.17, 15) is 9.59 Å². The summed E-state index contributed by atoms with van der Waals surface area (Å²) >= 11 is 0. The second-order valence-corrected chi connectivity index (χ2v) is 15.4. The van der Waals surface area contributed by atoms with E-state index >= 15 is 0 Å². The smallest absolute Gasteiger partial charge is 0.302 e. The lowest BCUT2D eigenvalue weighted by Gasteiger charge is -2.71. The molecule has 0 heterocycles. The summed E-state index contributed by atoms with van der Waals surface area (Å²) in [5.41, 5.74) is 2.30. The van der Waals surface area contributed by atoms with Crippen LogP contribution in [0.2, 0.25) is 0 Å². The molecule has 1 N–H and O–H groups in total. The zero-order chi connectivity index (χ0) is 27.2. The van der Waals surface area contributed by atoms with Gasteiger partial charge in [-0.15, -0.1) is 0 Å². The van der Waals surface area contributed by atoms with Crippen molar-refractivity contribution in [2.45, 2.75) is 132 Å². The molecule has 0 spiro atoms. The lowest BCUT2D eigenvalue weighted by Crippen LogP contribution is -2.71. The van der Waals surface area contributed by atoms with E-state index in [4.69, 9.17) is 4.74 Å². The number of nitrogens with one attached hydrogen (secondary N) is 1. The molecule has 11 atom stereocenters. The Kier molecular flexibility index (Phi) is 6.33. The van der Waals surface area contributed by atoms with E-state index < -0.39 is 5.54 Å². The summed E-state index contributed by atoms with van der Waals surface area (Å²) in [5.74, 6) is 2.85. The first-order chi connectivity index (χ1) is 17.1. The van der Waals surface area contributed by atoms with E-state index in [0.717, 1.165) is 37.5 Å². The fraction of sp³-hybridized carbons (Fsp3) is 0.879. The Morgan fingerprint density at radius 1 is 0.892 bits per heavy atom. The Balaban J connectivity index is 1.56. The molecule has 4 heteroatoms. The first kappa shape index (κ1) is 27.3. The van der Waals surface area contributed by atoms with E-state index in [1.54, 1.807) is 12.5 Å². The van der Waals surface area contributed by atoms with Gasteiger partial charge in [-0.2, -0.15) is 0 Å². The monoisotopic (exact) mass is 511 g/mol. The molecule has 0 aromatic rings. The SMILES string of the molecule is CC(=O)N[C@@]1(C)[C@@H](OC(C)=O)CC[C@@]2(C)[C@H]1CC[C@]1(C)[C@@H]2CC=C2[C@@H]3[C@@H](C)[C@H](C)CC[C@]3(C)CC[C@]21C. The highest BCUT2D eigenvalue weighted by Gasteiger charge is 2.69. The Hall–Kier alpha value is -1.32. The molecule has 0 unspecified atom stereocenters. The maximum absolute atomic E-state index is 12.5. The highest BCUT2D eigenvalue weighted by molar-refractivity contribution is 5.74. The number of carbonyl (C=O) groups is 2. The first-order valence-electron chi connectivity index (χ1n) is 15.3. The molecule has 0 bridgehead atoms. The summed E-state index contributed by atoms with van der Waals surface area (Å²) in [6.07, 6.45) is 13.2. The third-order valence-electron chi connectivity index (χ3n) is 13.8. The van der Waals surface area contributed by atoms with E-state index in [-0.39, 0.29) is 34.2 Å². The molecular formula is C33H53NO3. The van der Waals surface area contributed by atoms with Crippen LogP contribution in [0.4, 0.5) is 0 Å². The van der Waals surface area contributed by atoms with Crippen molar-refractivity contribution in [3.63, 3.8) is 0 Å². The van der Waals surface area contributed by atoms with Crippen LogP contribution in [0.3, 0.4) is 0 Å². The van der Waals surface area contributed by atoms with Gasteiger partial charge in [-0.3, -0.25) is 9.59 Å². The second-order valence-electron chi connectivity index (χ2n) is 15.4. The average molecular weight is 512 g/mol. The van der Waals surface area contributed by atoms with Crippen LogP contribution in [-0.4, -0.2) is 23.5 Å². The largest absolute Gasteiger partial charge is 0.460 e. The summed E-state index contributed by atoms with van der Waals surface area (Å²) in [6.45, 7) is 20.7. The van der Waals surface area contributed by atoms with Crippen LogP contribution in [0.25, 0.3) is 0 Å². The van der Waals surface area contributed by atoms with Crippen LogP contribution in [0, 0.1) is 51.2 Å². The van der Waals surface area contributed by atoms with Gasteiger partial charge in [0.1, 0.15) is 6.10 Å². The minimum Gasteiger partial charge on any atom is -0.460 e. The standard InChI is InChI=1S/C33H53NO3/c1-20-12-15-29(5)18-19-31(7)24(28(29)21(20)2)10-11-25-30(6)16-14-27(37-23(4)36)33(9,34-22(3)35)26(30)13-17-32(25,31)8/h10,20-21,25-28H,11-19H2,1-9H3,(H,34,35)/t20-,21+,25-,26-,27+,28+,29-,30-,31-,32-,33-/m1/s1. The number of rotatable bonds is 2. The molecule has 5 rings (SSSR count). The molecule has 4 nitrogen and oxygen atoms in total. The second kappa shape index (κ2) is 8.59. The third kappa shape index (κ3) is 3.65. The van der Waals surface area contributed by atoms with Crippen LogP contribution in [0.5, 0.6) is 0 Å². The summed E-state index contributed by atoms with van der Waals surface area (Å²) in [4.78, 5) is 24.5. The minimum absolute atomic E-state index is 0.0259. The van der Waals surface area contributed by atoms with Gasteiger partial charge in [-0.25, -0.2) is 0 Å². The zero-order valence-electron chi connectivity index (χ0n) is 25.1. The van der Waals surface area contributed by atoms with Crippen LogP contribution in [0.1, 0.15) is 120 Å². The molecule has 0 aromatic carbocycles. The maximum atomic E-state index is 12.5. The van der Waals surface area contributed by atoms with Gasteiger partial charge in [0.05, 0.1) is 5.54 Å². The molecule has 1 amide bonds. The van der Waals surface area contributed by atoms with Gasteiger partial charge >= 0.3 is 5.97 Å². The quantitative estimate of drug-likeness (QED) is 0.309. The zero-order valence-corrected chi connectivity index (χ0v) is 25.1. The third-order valence-corrected chi connectivity index (χ3v) is 13.8. The Morgan fingerprint density at radius 2 is 1.59 bits per heavy atom.